The topological polar surface area (TPSA) is 73.4 Å². The number of pyridine rings is 1. The van der Waals surface area contributed by atoms with Crippen molar-refractivity contribution in [3.05, 3.63) is 79.9 Å². The molecule has 2 heterocycles. The van der Waals surface area contributed by atoms with Gasteiger partial charge >= 0.3 is 0 Å². The molecule has 29 heavy (non-hydrogen) atoms. The fourth-order valence-corrected chi connectivity index (χ4v) is 4.84. The molecular formula is C22H19ClN2O3S. The van der Waals surface area contributed by atoms with Crippen LogP contribution in [0.3, 0.4) is 0 Å². The lowest BCUT2D eigenvalue weighted by atomic mass is 10.1. The van der Waals surface area contributed by atoms with Gasteiger partial charge in [-0.2, -0.15) is 0 Å². The first-order valence-corrected chi connectivity index (χ1v) is 10.4. The number of aromatic nitrogens is 1. The Balaban J connectivity index is 1.71. The number of halogens is 1. The minimum absolute atomic E-state index is 0.0865. The summed E-state index contributed by atoms with van der Waals surface area (Å²) in [5.41, 5.74) is 2.04. The average molecular weight is 427 g/mol. The molecule has 0 saturated carbocycles. The van der Waals surface area contributed by atoms with Crippen LogP contribution in [-0.2, 0) is 6.54 Å². The molecule has 0 bridgehead atoms. The summed E-state index contributed by atoms with van der Waals surface area (Å²) in [4.78, 5) is 30.5. The molecule has 0 radical (unpaired) electrons. The second-order valence-electron chi connectivity index (χ2n) is 6.91. The molecule has 2 N–H and O–H groups in total. The summed E-state index contributed by atoms with van der Waals surface area (Å²) in [6.45, 7) is 1.96. The maximum absolute atomic E-state index is 13.2. The zero-order valence-electron chi connectivity index (χ0n) is 15.7. The molecule has 7 heteroatoms. The summed E-state index contributed by atoms with van der Waals surface area (Å²) in [5, 5.41) is 11.6. The molecule has 5 nitrogen and oxygen atoms in total. The van der Waals surface area contributed by atoms with Crippen LogP contribution in [0.1, 0.15) is 20.8 Å². The highest BCUT2D eigenvalue weighted by molar-refractivity contribution is 7.21. The number of rotatable bonds is 5. The van der Waals surface area contributed by atoms with Gasteiger partial charge in [-0.3, -0.25) is 9.59 Å². The first-order chi connectivity index (χ1) is 14.0. The Labute approximate surface area is 176 Å². The first-order valence-electron chi connectivity index (χ1n) is 9.17. The van der Waals surface area contributed by atoms with Crippen LogP contribution < -0.4 is 5.56 Å². The van der Waals surface area contributed by atoms with Crippen LogP contribution in [-0.4, -0.2) is 34.0 Å². The van der Waals surface area contributed by atoms with E-state index in [1.54, 1.807) is 6.07 Å². The Morgan fingerprint density at radius 1 is 1.21 bits per heavy atom. The highest BCUT2D eigenvalue weighted by atomic mass is 35.5. The fraction of sp³-hybridized carbons (Fsp3) is 0.182. The number of nitrogens with zero attached hydrogens (tertiary/aromatic N) is 1. The number of nitrogens with one attached hydrogen (secondary N) is 1. The van der Waals surface area contributed by atoms with Gasteiger partial charge in [0.15, 0.2) is 0 Å². The Hall–Kier alpha value is -2.67. The molecule has 0 aliphatic carbocycles. The molecule has 0 aliphatic heterocycles. The summed E-state index contributed by atoms with van der Waals surface area (Å²) in [7, 11) is 0. The van der Waals surface area contributed by atoms with Crippen LogP contribution in [0.15, 0.2) is 53.3 Å². The van der Waals surface area contributed by atoms with Crippen molar-refractivity contribution in [2.75, 3.05) is 13.2 Å². The van der Waals surface area contributed by atoms with E-state index in [1.165, 1.54) is 16.2 Å². The molecule has 2 aromatic heterocycles. The molecule has 2 aromatic carbocycles. The highest BCUT2D eigenvalue weighted by Crippen LogP contribution is 2.36. The standard InChI is InChI=1S/C22H19ClN2O3S/c1-13-6-7-17-14(10-13)11-15(21(27)24-17)12-25(8-9-26)22(28)20-19(23)16-4-2-3-5-18(16)29-20/h2-7,10-11,26H,8-9,12H2,1H3,(H,24,27). The van der Waals surface area contributed by atoms with Crippen molar-refractivity contribution >= 4 is 49.8 Å². The van der Waals surface area contributed by atoms with E-state index in [4.69, 9.17) is 11.6 Å². The second-order valence-corrected chi connectivity index (χ2v) is 8.34. The third kappa shape index (κ3) is 3.79. The minimum Gasteiger partial charge on any atom is -0.395 e. The number of aliphatic hydroxyl groups is 1. The zero-order valence-corrected chi connectivity index (χ0v) is 17.3. The predicted molar refractivity (Wildman–Crippen MR) is 118 cm³/mol. The van der Waals surface area contributed by atoms with Crippen molar-refractivity contribution in [2.24, 2.45) is 0 Å². The SMILES string of the molecule is Cc1ccc2[nH]c(=O)c(CN(CCO)C(=O)c3sc4ccccc4c3Cl)cc2c1. The lowest BCUT2D eigenvalue weighted by Gasteiger charge is -2.21. The zero-order chi connectivity index (χ0) is 20.5. The van der Waals surface area contributed by atoms with Crippen LogP contribution in [0.2, 0.25) is 5.02 Å². The Bertz CT molecular complexity index is 1280. The maximum Gasteiger partial charge on any atom is 0.265 e. The molecule has 4 aromatic rings. The number of aromatic amines is 1. The van der Waals surface area contributed by atoms with Crippen LogP contribution in [0.5, 0.6) is 0 Å². The number of H-pyrrole nitrogens is 1. The molecular weight excluding hydrogens is 408 g/mol. The Morgan fingerprint density at radius 3 is 2.76 bits per heavy atom. The van der Waals surface area contributed by atoms with Gasteiger partial charge in [-0.15, -0.1) is 11.3 Å². The monoisotopic (exact) mass is 426 g/mol. The molecule has 0 spiro atoms. The number of hydrogen-bond donors (Lipinski definition) is 2. The van der Waals surface area contributed by atoms with E-state index in [9.17, 15) is 14.7 Å². The van der Waals surface area contributed by atoms with Gasteiger partial charge in [-0.05, 0) is 36.6 Å². The van der Waals surface area contributed by atoms with Crippen molar-refractivity contribution in [1.29, 1.82) is 0 Å². The van der Waals surface area contributed by atoms with E-state index in [-0.39, 0.29) is 31.2 Å². The van der Waals surface area contributed by atoms with Crippen LogP contribution >= 0.6 is 22.9 Å². The van der Waals surface area contributed by atoms with Gasteiger partial charge in [0.2, 0.25) is 0 Å². The molecule has 148 valence electrons. The molecule has 4 rings (SSSR count). The van der Waals surface area contributed by atoms with Gasteiger partial charge in [0.25, 0.3) is 11.5 Å². The van der Waals surface area contributed by atoms with Crippen molar-refractivity contribution in [3.63, 3.8) is 0 Å². The summed E-state index contributed by atoms with van der Waals surface area (Å²) in [6, 6.07) is 15.1. The van der Waals surface area contributed by atoms with Crippen LogP contribution in [0, 0.1) is 6.92 Å². The number of carbonyl (C=O) groups excluding carboxylic acids is 1. The summed E-state index contributed by atoms with van der Waals surface area (Å²) in [6.07, 6.45) is 0. The predicted octanol–water partition coefficient (Wildman–Crippen LogP) is 4.34. The lowest BCUT2D eigenvalue weighted by Crippen LogP contribution is -2.34. The van der Waals surface area contributed by atoms with Crippen molar-refractivity contribution in [2.45, 2.75) is 13.5 Å². The number of carbonyl (C=O) groups is 1. The quantitative estimate of drug-likeness (QED) is 0.498. The van der Waals surface area contributed by atoms with Crippen LogP contribution in [0.4, 0.5) is 0 Å². The van der Waals surface area contributed by atoms with E-state index >= 15 is 0 Å². The third-order valence-corrected chi connectivity index (χ3v) is 6.49. The van der Waals surface area contributed by atoms with E-state index in [0.29, 0.717) is 15.5 Å². The molecule has 1 amide bonds. The lowest BCUT2D eigenvalue weighted by molar-refractivity contribution is 0.0712. The van der Waals surface area contributed by atoms with Crippen molar-refractivity contribution in [1.82, 2.24) is 9.88 Å². The summed E-state index contributed by atoms with van der Waals surface area (Å²) < 4.78 is 0.920. The molecule has 0 atom stereocenters. The van der Waals surface area contributed by atoms with E-state index < -0.39 is 0 Å². The molecule has 0 unspecified atom stereocenters. The van der Waals surface area contributed by atoms with Gasteiger partial charge in [0, 0.05) is 27.7 Å². The Kier molecular flexibility index (Phi) is 5.41. The average Bonchev–Trinajstić information content (AvgIpc) is 3.05. The third-order valence-electron chi connectivity index (χ3n) is 4.82. The number of amides is 1. The summed E-state index contributed by atoms with van der Waals surface area (Å²) >= 11 is 7.77. The van der Waals surface area contributed by atoms with Gasteiger partial charge in [-0.1, -0.05) is 41.4 Å². The van der Waals surface area contributed by atoms with Crippen molar-refractivity contribution < 1.29 is 9.90 Å². The van der Waals surface area contributed by atoms with E-state index in [0.717, 1.165) is 26.6 Å². The number of aliphatic hydroxyl groups excluding tert-OH is 1. The fourth-order valence-electron chi connectivity index (χ4n) is 3.36. The van der Waals surface area contributed by atoms with E-state index in [1.807, 2.05) is 49.4 Å². The number of fused-ring (bicyclic) bond motifs is 2. The normalized spacial score (nSPS) is 11.3. The second kappa shape index (κ2) is 7.99. The van der Waals surface area contributed by atoms with E-state index in [2.05, 4.69) is 4.98 Å². The maximum atomic E-state index is 13.2. The molecule has 0 saturated heterocycles. The number of aryl methyl sites for hydroxylation is 1. The number of thiophene rings is 1. The molecule has 0 fully saturated rings. The first kappa shape index (κ1) is 19.6. The largest absolute Gasteiger partial charge is 0.395 e. The Morgan fingerprint density at radius 2 is 2.00 bits per heavy atom. The van der Waals surface area contributed by atoms with Gasteiger partial charge in [-0.25, -0.2) is 0 Å². The van der Waals surface area contributed by atoms with Crippen molar-refractivity contribution in [3.8, 4) is 0 Å². The van der Waals surface area contributed by atoms with Gasteiger partial charge < -0.3 is 15.0 Å². The molecule has 0 aliphatic rings. The minimum atomic E-state index is -0.297. The number of hydrogen-bond acceptors (Lipinski definition) is 4. The number of benzene rings is 2. The highest BCUT2D eigenvalue weighted by Gasteiger charge is 2.23. The van der Waals surface area contributed by atoms with Gasteiger partial charge in [0.1, 0.15) is 4.88 Å². The summed E-state index contributed by atoms with van der Waals surface area (Å²) in [5.74, 6) is -0.297. The smallest absolute Gasteiger partial charge is 0.265 e. The van der Waals surface area contributed by atoms with Crippen LogP contribution in [0.25, 0.3) is 21.0 Å². The van der Waals surface area contributed by atoms with Gasteiger partial charge in [0.05, 0.1) is 18.2 Å².